The summed E-state index contributed by atoms with van der Waals surface area (Å²) >= 11 is 0. The summed E-state index contributed by atoms with van der Waals surface area (Å²) in [6.07, 6.45) is 5.53. The van der Waals surface area contributed by atoms with Gasteiger partial charge in [0.1, 0.15) is 5.82 Å². The number of nitrogens with zero attached hydrogens (tertiary/aromatic N) is 2. The highest BCUT2D eigenvalue weighted by Crippen LogP contribution is 2.28. The monoisotopic (exact) mass is 315 g/mol. The van der Waals surface area contributed by atoms with Gasteiger partial charge >= 0.3 is 0 Å². The van der Waals surface area contributed by atoms with Crippen LogP contribution in [0, 0.1) is 0 Å². The normalized spacial score (nSPS) is 16.5. The Kier molecular flexibility index (Phi) is 4.50. The Labute approximate surface area is 135 Å². The Morgan fingerprint density at radius 1 is 1.43 bits per heavy atom. The Morgan fingerprint density at radius 3 is 3.09 bits per heavy atom. The van der Waals surface area contributed by atoms with Crippen LogP contribution in [0.15, 0.2) is 30.6 Å². The summed E-state index contributed by atoms with van der Waals surface area (Å²) in [5, 5.41) is 3.08. The number of hydrogen-bond donors (Lipinski definition) is 1. The number of rotatable bonds is 5. The largest absolute Gasteiger partial charge is 0.493 e. The number of ether oxygens (including phenoxy) is 2. The Bertz CT molecular complexity index is 696. The van der Waals surface area contributed by atoms with Crippen molar-refractivity contribution < 1.29 is 14.3 Å². The lowest BCUT2D eigenvalue weighted by molar-refractivity contribution is 0.0927. The number of aryl methyl sites for hydroxylation is 1. The lowest BCUT2D eigenvalue weighted by atomic mass is 10.1. The Morgan fingerprint density at radius 2 is 2.30 bits per heavy atom. The molecule has 0 unspecified atom stereocenters. The first kappa shape index (κ1) is 15.4. The molecule has 0 bridgehead atoms. The third kappa shape index (κ3) is 3.31. The molecule has 1 aromatic carbocycles. The van der Waals surface area contributed by atoms with E-state index < -0.39 is 0 Å². The molecular weight excluding hydrogens is 294 g/mol. The van der Waals surface area contributed by atoms with Crippen molar-refractivity contribution >= 4 is 5.91 Å². The molecule has 6 nitrogen and oxygen atoms in total. The number of aromatic nitrogens is 2. The molecule has 1 aliphatic heterocycles. The van der Waals surface area contributed by atoms with Gasteiger partial charge in [-0.15, -0.1) is 0 Å². The van der Waals surface area contributed by atoms with Gasteiger partial charge in [-0.2, -0.15) is 0 Å². The minimum atomic E-state index is -0.0973. The van der Waals surface area contributed by atoms with Crippen LogP contribution in [-0.4, -0.2) is 35.2 Å². The Balaban J connectivity index is 1.69. The highest BCUT2D eigenvalue weighted by atomic mass is 16.5. The number of fused-ring (bicyclic) bond motifs is 1. The van der Waals surface area contributed by atoms with Gasteiger partial charge in [0.15, 0.2) is 11.5 Å². The first-order chi connectivity index (χ1) is 11.2. The molecule has 0 fully saturated rings. The molecule has 1 amide bonds. The molecule has 1 aromatic heterocycles. The fourth-order valence-electron chi connectivity index (χ4n) is 2.84. The molecular formula is C17H21N3O3. The molecule has 2 heterocycles. The van der Waals surface area contributed by atoms with E-state index in [1.54, 1.807) is 31.5 Å². The van der Waals surface area contributed by atoms with Crippen molar-refractivity contribution in [2.75, 3.05) is 13.7 Å². The molecule has 0 radical (unpaired) electrons. The molecule has 1 aliphatic rings. The van der Waals surface area contributed by atoms with Crippen molar-refractivity contribution in [3.63, 3.8) is 0 Å². The van der Waals surface area contributed by atoms with Crippen LogP contribution in [0.2, 0.25) is 0 Å². The smallest absolute Gasteiger partial charge is 0.251 e. The van der Waals surface area contributed by atoms with Crippen molar-refractivity contribution in [1.82, 2.24) is 14.9 Å². The lowest BCUT2D eigenvalue weighted by Gasteiger charge is -2.24. The summed E-state index contributed by atoms with van der Waals surface area (Å²) in [7, 11) is 1.57. The predicted octanol–water partition coefficient (Wildman–Crippen LogP) is 2.04. The second kappa shape index (κ2) is 6.73. The van der Waals surface area contributed by atoms with E-state index in [0.29, 0.717) is 23.7 Å². The van der Waals surface area contributed by atoms with Gasteiger partial charge < -0.3 is 19.4 Å². The standard InChI is InChI=1S/C17H21N3O3/c1-3-23-14-6-4-12(10-15(14)22-2)17(21)19-13-5-7-16-18-8-9-20(16)11-13/h4,6,8-10,13H,3,5,7,11H2,1-2H3,(H,19,21)/t13-/m1/s1. The summed E-state index contributed by atoms with van der Waals surface area (Å²) < 4.78 is 12.9. The highest BCUT2D eigenvalue weighted by Gasteiger charge is 2.21. The molecule has 0 saturated heterocycles. The molecule has 23 heavy (non-hydrogen) atoms. The minimum absolute atomic E-state index is 0.0973. The van der Waals surface area contributed by atoms with Crippen molar-refractivity contribution in [3.05, 3.63) is 42.0 Å². The fourth-order valence-corrected chi connectivity index (χ4v) is 2.84. The predicted molar refractivity (Wildman–Crippen MR) is 86.0 cm³/mol. The summed E-state index contributed by atoms with van der Waals surface area (Å²) in [6.45, 7) is 3.22. The molecule has 1 N–H and O–H groups in total. The van der Waals surface area contributed by atoms with Crippen LogP contribution >= 0.6 is 0 Å². The van der Waals surface area contributed by atoms with Crippen LogP contribution in [-0.2, 0) is 13.0 Å². The zero-order valence-electron chi connectivity index (χ0n) is 13.4. The van der Waals surface area contributed by atoms with Gasteiger partial charge in [-0.25, -0.2) is 4.98 Å². The molecule has 1 atom stereocenters. The van der Waals surface area contributed by atoms with Gasteiger partial charge in [-0.1, -0.05) is 0 Å². The zero-order chi connectivity index (χ0) is 16.2. The number of hydrogen-bond acceptors (Lipinski definition) is 4. The summed E-state index contributed by atoms with van der Waals surface area (Å²) in [4.78, 5) is 16.8. The number of methoxy groups -OCH3 is 1. The van der Waals surface area contributed by atoms with Crippen molar-refractivity contribution in [2.24, 2.45) is 0 Å². The van der Waals surface area contributed by atoms with E-state index in [1.807, 2.05) is 13.1 Å². The summed E-state index contributed by atoms with van der Waals surface area (Å²) in [5.74, 6) is 2.20. The number of carbonyl (C=O) groups excluding carboxylic acids is 1. The Hall–Kier alpha value is -2.50. The maximum absolute atomic E-state index is 12.5. The van der Waals surface area contributed by atoms with E-state index in [9.17, 15) is 4.79 Å². The first-order valence-corrected chi connectivity index (χ1v) is 7.83. The molecule has 122 valence electrons. The molecule has 3 rings (SSSR count). The van der Waals surface area contributed by atoms with Crippen molar-refractivity contribution in [3.8, 4) is 11.5 Å². The van der Waals surface area contributed by atoms with E-state index in [4.69, 9.17) is 9.47 Å². The second-order valence-corrected chi connectivity index (χ2v) is 5.50. The quantitative estimate of drug-likeness (QED) is 0.917. The highest BCUT2D eigenvalue weighted by molar-refractivity contribution is 5.95. The van der Waals surface area contributed by atoms with Crippen LogP contribution in [0.5, 0.6) is 11.5 Å². The number of nitrogens with one attached hydrogen (secondary N) is 1. The number of imidazole rings is 1. The minimum Gasteiger partial charge on any atom is -0.493 e. The van der Waals surface area contributed by atoms with Crippen LogP contribution in [0.1, 0.15) is 29.5 Å². The number of amides is 1. The topological polar surface area (TPSA) is 65.4 Å². The first-order valence-electron chi connectivity index (χ1n) is 7.83. The summed E-state index contributed by atoms with van der Waals surface area (Å²) in [6, 6.07) is 5.36. The van der Waals surface area contributed by atoms with Crippen molar-refractivity contribution in [1.29, 1.82) is 0 Å². The molecule has 0 aliphatic carbocycles. The van der Waals surface area contributed by atoms with Crippen LogP contribution < -0.4 is 14.8 Å². The van der Waals surface area contributed by atoms with E-state index in [-0.39, 0.29) is 11.9 Å². The van der Waals surface area contributed by atoms with E-state index in [0.717, 1.165) is 25.2 Å². The van der Waals surface area contributed by atoms with Gasteiger partial charge in [-0.3, -0.25) is 4.79 Å². The van der Waals surface area contributed by atoms with Gasteiger partial charge in [0.05, 0.1) is 13.7 Å². The van der Waals surface area contributed by atoms with Crippen molar-refractivity contribution in [2.45, 2.75) is 32.4 Å². The average molecular weight is 315 g/mol. The fraction of sp³-hybridized carbons (Fsp3) is 0.412. The van der Waals surface area contributed by atoms with Gasteiger partial charge in [0.25, 0.3) is 5.91 Å². The van der Waals surface area contributed by atoms with E-state index in [1.165, 1.54) is 0 Å². The van der Waals surface area contributed by atoms with E-state index >= 15 is 0 Å². The van der Waals surface area contributed by atoms with Gasteiger partial charge in [0, 0.05) is 37.0 Å². The number of carbonyl (C=O) groups is 1. The average Bonchev–Trinajstić information content (AvgIpc) is 3.03. The lowest BCUT2D eigenvalue weighted by Crippen LogP contribution is -2.40. The molecule has 6 heteroatoms. The van der Waals surface area contributed by atoms with Gasteiger partial charge in [-0.05, 0) is 31.5 Å². The molecule has 0 saturated carbocycles. The summed E-state index contributed by atoms with van der Waals surface area (Å²) in [5.41, 5.74) is 0.571. The van der Waals surface area contributed by atoms with Gasteiger partial charge in [0.2, 0.25) is 0 Å². The van der Waals surface area contributed by atoms with Crippen LogP contribution in [0.3, 0.4) is 0 Å². The van der Waals surface area contributed by atoms with Crippen LogP contribution in [0.4, 0.5) is 0 Å². The van der Waals surface area contributed by atoms with Crippen LogP contribution in [0.25, 0.3) is 0 Å². The number of benzene rings is 1. The maximum atomic E-state index is 12.5. The third-order valence-corrected chi connectivity index (χ3v) is 4.00. The van der Waals surface area contributed by atoms with E-state index in [2.05, 4.69) is 14.9 Å². The zero-order valence-corrected chi connectivity index (χ0v) is 13.4. The molecule has 0 spiro atoms. The SMILES string of the molecule is CCOc1ccc(C(=O)N[C@@H]2CCc3nccn3C2)cc1OC. The molecule has 2 aromatic rings. The maximum Gasteiger partial charge on any atom is 0.251 e. The second-order valence-electron chi connectivity index (χ2n) is 5.50. The third-order valence-electron chi connectivity index (χ3n) is 4.00.